The maximum Gasteiger partial charge on any atom is 0.256 e. The molecule has 7 rings (SSSR count). The number of nitrogens with zero attached hydrogens (tertiary/aromatic N) is 4. The largest absolute Gasteiger partial charge is 0.497 e. The van der Waals surface area contributed by atoms with Gasteiger partial charge in [-0.1, -0.05) is 72.8 Å². The summed E-state index contributed by atoms with van der Waals surface area (Å²) in [7, 11) is 4.82. The molecule has 3 heterocycles. The number of fused-ring (bicyclic) bond motifs is 1. The van der Waals surface area contributed by atoms with Crippen LogP contribution in [0.25, 0.3) is 11.2 Å². The molecule has 13 nitrogen and oxygen atoms in total. The number of amides is 1. The van der Waals surface area contributed by atoms with Gasteiger partial charge in [0.05, 0.1) is 40.4 Å². The summed E-state index contributed by atoms with van der Waals surface area (Å²) in [6, 6.07) is 34.1. The van der Waals surface area contributed by atoms with E-state index in [-0.39, 0.29) is 24.9 Å². The number of methoxy groups -OCH3 is 3. The van der Waals surface area contributed by atoms with Gasteiger partial charge in [0, 0.05) is 12.7 Å². The van der Waals surface area contributed by atoms with Crippen LogP contribution >= 0.6 is 0 Å². The summed E-state index contributed by atoms with van der Waals surface area (Å²) in [6.07, 6.45) is -0.866. The van der Waals surface area contributed by atoms with Gasteiger partial charge in [-0.05, 0) is 53.1 Å². The summed E-state index contributed by atoms with van der Waals surface area (Å²) in [5, 5.41) is 14.7. The first-order chi connectivity index (χ1) is 26.5. The second kappa shape index (κ2) is 16.5. The van der Waals surface area contributed by atoms with E-state index in [4.69, 9.17) is 28.4 Å². The van der Waals surface area contributed by atoms with E-state index in [9.17, 15) is 9.90 Å². The van der Waals surface area contributed by atoms with Crippen LogP contribution in [0.1, 0.15) is 33.3 Å². The Balaban J connectivity index is 1.24. The predicted molar refractivity (Wildman–Crippen MR) is 200 cm³/mol. The van der Waals surface area contributed by atoms with Crippen LogP contribution in [-0.2, 0) is 24.5 Å². The molecule has 2 N–H and O–H groups in total. The molecule has 4 aromatic carbocycles. The molecule has 1 fully saturated rings. The number of hydrogen-bond acceptors (Lipinski definition) is 11. The highest BCUT2D eigenvalue weighted by atomic mass is 16.6. The van der Waals surface area contributed by atoms with Crippen molar-refractivity contribution in [1.29, 1.82) is 0 Å². The van der Waals surface area contributed by atoms with Crippen molar-refractivity contribution in [3.05, 3.63) is 144 Å². The van der Waals surface area contributed by atoms with Crippen molar-refractivity contribution in [3.63, 3.8) is 0 Å². The number of hydrogen-bond donors (Lipinski definition) is 2. The van der Waals surface area contributed by atoms with Crippen LogP contribution in [0, 0.1) is 0 Å². The van der Waals surface area contributed by atoms with E-state index >= 15 is 0 Å². The van der Waals surface area contributed by atoms with Gasteiger partial charge in [-0.3, -0.25) is 9.36 Å². The van der Waals surface area contributed by atoms with Crippen molar-refractivity contribution >= 4 is 22.9 Å². The summed E-state index contributed by atoms with van der Waals surface area (Å²) in [5.41, 5.74) is 2.57. The molecule has 278 valence electrons. The van der Waals surface area contributed by atoms with Crippen molar-refractivity contribution in [2.45, 2.75) is 30.1 Å². The Kier molecular flexibility index (Phi) is 11.2. The zero-order valence-electron chi connectivity index (χ0n) is 30.1. The molecule has 6 aromatic rings. The lowest BCUT2D eigenvalue weighted by atomic mass is 9.80. The number of benzene rings is 4. The Morgan fingerprint density at radius 3 is 2.02 bits per heavy atom. The molecule has 0 bridgehead atoms. The zero-order valence-corrected chi connectivity index (χ0v) is 30.1. The van der Waals surface area contributed by atoms with E-state index < -0.39 is 30.1 Å². The quantitative estimate of drug-likeness (QED) is 0.103. The SMILES string of the molecule is COCCO[C@@H]1[C@@H](O)[C@@H](COC(c2ccccc2)(c2ccc(OC)cc2)c2ccc(OC)cc2)O[C@@H]1n1cnc2c(NC(=O)c3ccccc3)ncnc21. The minimum absolute atomic E-state index is 0.0469. The van der Waals surface area contributed by atoms with Crippen LogP contribution in [0.2, 0.25) is 0 Å². The lowest BCUT2D eigenvalue weighted by Crippen LogP contribution is -2.40. The Labute approximate surface area is 312 Å². The first-order valence-corrected chi connectivity index (χ1v) is 17.4. The predicted octanol–water partition coefficient (Wildman–Crippen LogP) is 5.39. The highest BCUT2D eigenvalue weighted by molar-refractivity contribution is 6.06. The third kappa shape index (κ3) is 7.27. The first-order valence-electron chi connectivity index (χ1n) is 17.4. The normalized spacial score (nSPS) is 18.4. The van der Waals surface area contributed by atoms with Gasteiger partial charge in [-0.15, -0.1) is 0 Å². The molecular weight excluding hydrogens is 690 g/mol. The number of aromatic nitrogens is 4. The molecule has 54 heavy (non-hydrogen) atoms. The number of aliphatic hydroxyl groups is 1. The highest BCUT2D eigenvalue weighted by Gasteiger charge is 2.48. The van der Waals surface area contributed by atoms with E-state index in [1.54, 1.807) is 50.2 Å². The Bertz CT molecular complexity index is 2080. The number of aliphatic hydroxyl groups excluding tert-OH is 1. The van der Waals surface area contributed by atoms with Crippen LogP contribution in [-0.4, -0.2) is 90.0 Å². The maximum atomic E-state index is 13.0. The van der Waals surface area contributed by atoms with Gasteiger partial charge in [0.25, 0.3) is 5.91 Å². The molecule has 13 heteroatoms. The highest BCUT2D eigenvalue weighted by Crippen LogP contribution is 2.43. The number of rotatable bonds is 15. The number of carbonyl (C=O) groups excluding carboxylic acids is 1. The van der Waals surface area contributed by atoms with E-state index in [0.29, 0.717) is 34.8 Å². The number of carbonyl (C=O) groups is 1. The van der Waals surface area contributed by atoms with Gasteiger partial charge < -0.3 is 38.8 Å². The maximum absolute atomic E-state index is 13.0. The average molecular weight is 732 g/mol. The van der Waals surface area contributed by atoms with Crippen molar-refractivity contribution in [2.75, 3.05) is 46.5 Å². The van der Waals surface area contributed by atoms with Gasteiger partial charge in [0.15, 0.2) is 23.2 Å². The molecule has 1 aliphatic heterocycles. The fourth-order valence-electron chi connectivity index (χ4n) is 6.71. The molecule has 0 saturated carbocycles. The van der Waals surface area contributed by atoms with Crippen LogP contribution in [0.4, 0.5) is 5.82 Å². The molecule has 2 aromatic heterocycles. The third-order valence-corrected chi connectivity index (χ3v) is 9.45. The smallest absolute Gasteiger partial charge is 0.256 e. The van der Waals surface area contributed by atoms with E-state index in [1.165, 1.54) is 12.7 Å². The van der Waals surface area contributed by atoms with Crippen LogP contribution < -0.4 is 14.8 Å². The minimum atomic E-state index is -1.14. The van der Waals surface area contributed by atoms with Crippen LogP contribution in [0.5, 0.6) is 11.5 Å². The first kappa shape index (κ1) is 36.6. The molecule has 1 aliphatic rings. The summed E-state index contributed by atoms with van der Waals surface area (Å²) in [5.74, 6) is 1.28. The summed E-state index contributed by atoms with van der Waals surface area (Å²) in [4.78, 5) is 26.3. The second-order valence-corrected chi connectivity index (χ2v) is 12.6. The fourth-order valence-corrected chi connectivity index (χ4v) is 6.71. The lowest BCUT2D eigenvalue weighted by Gasteiger charge is -2.37. The van der Waals surface area contributed by atoms with E-state index in [0.717, 1.165) is 16.7 Å². The Morgan fingerprint density at radius 2 is 1.41 bits per heavy atom. The van der Waals surface area contributed by atoms with Crippen LogP contribution in [0.3, 0.4) is 0 Å². The van der Waals surface area contributed by atoms with Gasteiger partial charge in [0.2, 0.25) is 0 Å². The van der Waals surface area contributed by atoms with Crippen molar-refractivity contribution in [1.82, 2.24) is 19.5 Å². The molecule has 0 aliphatic carbocycles. The number of ether oxygens (including phenoxy) is 6. The van der Waals surface area contributed by atoms with Crippen LogP contribution in [0.15, 0.2) is 122 Å². The van der Waals surface area contributed by atoms with Gasteiger partial charge in [0.1, 0.15) is 41.7 Å². The molecule has 1 saturated heterocycles. The molecule has 0 unspecified atom stereocenters. The molecule has 0 spiro atoms. The fraction of sp³-hybridized carbons (Fsp3) is 0.268. The van der Waals surface area contributed by atoms with Crippen molar-refractivity contribution in [2.24, 2.45) is 0 Å². The summed E-state index contributed by atoms with van der Waals surface area (Å²) < 4.78 is 37.8. The van der Waals surface area contributed by atoms with E-state index in [1.807, 2.05) is 84.9 Å². The molecular formula is C41H41N5O8. The monoisotopic (exact) mass is 731 g/mol. The van der Waals surface area contributed by atoms with Gasteiger partial charge >= 0.3 is 0 Å². The lowest BCUT2D eigenvalue weighted by molar-refractivity contribution is -0.0970. The average Bonchev–Trinajstić information content (AvgIpc) is 3.80. The number of anilines is 1. The number of imidazole rings is 1. The third-order valence-electron chi connectivity index (χ3n) is 9.45. The molecule has 4 atom stereocenters. The van der Waals surface area contributed by atoms with Crippen molar-refractivity contribution in [3.8, 4) is 11.5 Å². The van der Waals surface area contributed by atoms with Gasteiger partial charge in [-0.2, -0.15) is 0 Å². The zero-order chi connectivity index (χ0) is 37.5. The standard InChI is InChI=1S/C41H41N5O8/c1-49-22-23-52-36-35(47)33(54-40(36)46-26-44-34-37(42-25-43-38(34)46)45-39(48)27-10-6-4-7-11-27)24-53-41(28-12-8-5-9-13-28,29-14-18-31(50-2)19-15-29)30-16-20-32(51-3)21-17-30/h4-21,25-26,33,35-36,40,47H,22-24H2,1-3H3,(H,42,43,45,48)/t33-,35+,36-,40+/m1/s1. The van der Waals surface area contributed by atoms with Crippen molar-refractivity contribution < 1.29 is 38.3 Å². The second-order valence-electron chi connectivity index (χ2n) is 12.6. The Hall–Kier alpha value is -5.70. The summed E-state index contributed by atoms with van der Waals surface area (Å²) >= 11 is 0. The minimum Gasteiger partial charge on any atom is -0.497 e. The summed E-state index contributed by atoms with van der Waals surface area (Å²) in [6.45, 7) is 0.442. The van der Waals surface area contributed by atoms with Gasteiger partial charge in [-0.25, -0.2) is 15.0 Å². The Morgan fingerprint density at radius 1 is 0.796 bits per heavy atom. The molecule has 0 radical (unpaired) electrons. The number of nitrogens with one attached hydrogen (secondary N) is 1. The van der Waals surface area contributed by atoms with E-state index in [2.05, 4.69) is 20.3 Å². The topological polar surface area (TPSA) is 148 Å². The molecule has 1 amide bonds.